The van der Waals surface area contributed by atoms with Crippen molar-refractivity contribution in [2.75, 3.05) is 0 Å². The first-order chi connectivity index (χ1) is 6.20. The van der Waals surface area contributed by atoms with E-state index in [1.165, 1.54) is 0 Å². The number of carboxylic acid groups (broad SMARTS) is 1. The van der Waals surface area contributed by atoms with Gasteiger partial charge in [-0.25, -0.2) is 0 Å². The molecule has 0 fully saturated rings. The van der Waals surface area contributed by atoms with E-state index in [0.29, 0.717) is 6.54 Å². The number of nitrogens with zero attached hydrogens (tertiary/aromatic N) is 1. The molecular formula is C9H14Cl2N2O2. The second-order valence-electron chi connectivity index (χ2n) is 2.80. The number of hydrogen-bond donors (Lipinski definition) is 2. The van der Waals surface area contributed by atoms with Crippen LogP contribution in [0.4, 0.5) is 0 Å². The van der Waals surface area contributed by atoms with Crippen molar-refractivity contribution in [1.29, 1.82) is 0 Å². The third kappa shape index (κ3) is 6.28. The van der Waals surface area contributed by atoms with E-state index in [4.69, 9.17) is 5.11 Å². The minimum atomic E-state index is -0.844. The van der Waals surface area contributed by atoms with Gasteiger partial charge < -0.3 is 10.4 Å². The zero-order valence-electron chi connectivity index (χ0n) is 8.21. The van der Waals surface area contributed by atoms with E-state index in [-0.39, 0.29) is 24.8 Å². The lowest BCUT2D eigenvalue weighted by atomic mass is 10.2. The Balaban J connectivity index is 0. The van der Waals surface area contributed by atoms with Crippen molar-refractivity contribution in [2.24, 2.45) is 0 Å². The summed E-state index contributed by atoms with van der Waals surface area (Å²) in [5.74, 6) is -0.844. The molecule has 4 nitrogen and oxygen atoms in total. The maximum Gasteiger partial charge on any atom is 0.320 e. The number of carbonyl (C=O) groups is 1. The maximum absolute atomic E-state index is 10.4. The molecule has 1 heterocycles. The average molecular weight is 253 g/mol. The second kappa shape index (κ2) is 8.47. The summed E-state index contributed by atoms with van der Waals surface area (Å²) in [5, 5.41) is 11.4. The average Bonchev–Trinajstić information content (AvgIpc) is 2.15. The highest BCUT2D eigenvalue weighted by atomic mass is 35.5. The van der Waals surface area contributed by atoms with Crippen molar-refractivity contribution in [1.82, 2.24) is 10.3 Å². The number of carboxylic acids is 1. The lowest BCUT2D eigenvalue weighted by Crippen LogP contribution is -2.33. The Labute approximate surface area is 101 Å². The molecule has 6 heteroatoms. The van der Waals surface area contributed by atoms with Gasteiger partial charge in [0.15, 0.2) is 0 Å². The minimum Gasteiger partial charge on any atom is -0.480 e. The monoisotopic (exact) mass is 252 g/mol. The summed E-state index contributed by atoms with van der Waals surface area (Å²) >= 11 is 0. The Hall–Kier alpha value is -0.840. The zero-order chi connectivity index (χ0) is 9.68. The molecule has 86 valence electrons. The van der Waals surface area contributed by atoms with Gasteiger partial charge in [-0.2, -0.15) is 0 Å². The van der Waals surface area contributed by atoms with Crippen LogP contribution in [0.25, 0.3) is 0 Å². The predicted octanol–water partition coefficient (Wildman–Crippen LogP) is 1.49. The van der Waals surface area contributed by atoms with Crippen LogP contribution in [0.5, 0.6) is 0 Å². The Bertz CT molecular complexity index is 283. The fourth-order valence-electron chi connectivity index (χ4n) is 0.861. The van der Waals surface area contributed by atoms with Crippen molar-refractivity contribution < 1.29 is 9.90 Å². The smallest absolute Gasteiger partial charge is 0.320 e. The second-order valence-corrected chi connectivity index (χ2v) is 2.80. The highest BCUT2D eigenvalue weighted by Crippen LogP contribution is 1.95. The van der Waals surface area contributed by atoms with Crippen molar-refractivity contribution in [3.63, 3.8) is 0 Å². The SMILES string of the molecule is C[C@H](NCc1cccnc1)C(=O)O.Cl.Cl. The number of pyridine rings is 1. The van der Waals surface area contributed by atoms with Crippen LogP contribution in [0.15, 0.2) is 24.5 Å². The van der Waals surface area contributed by atoms with E-state index in [0.717, 1.165) is 5.56 Å². The number of aliphatic carboxylic acids is 1. The molecule has 1 rings (SSSR count). The predicted molar refractivity (Wildman–Crippen MR) is 62.7 cm³/mol. The molecule has 0 aliphatic carbocycles. The summed E-state index contributed by atoms with van der Waals surface area (Å²) in [7, 11) is 0. The molecule has 0 aliphatic rings. The minimum absolute atomic E-state index is 0. The van der Waals surface area contributed by atoms with Crippen LogP contribution in [-0.2, 0) is 11.3 Å². The van der Waals surface area contributed by atoms with E-state index in [1.807, 2.05) is 12.1 Å². The molecule has 0 unspecified atom stereocenters. The van der Waals surface area contributed by atoms with E-state index in [2.05, 4.69) is 10.3 Å². The molecule has 0 spiro atoms. The van der Waals surface area contributed by atoms with Crippen molar-refractivity contribution in [3.8, 4) is 0 Å². The van der Waals surface area contributed by atoms with Crippen LogP contribution in [0.3, 0.4) is 0 Å². The first-order valence-electron chi connectivity index (χ1n) is 4.05. The van der Waals surface area contributed by atoms with Crippen LogP contribution >= 0.6 is 24.8 Å². The molecule has 1 atom stereocenters. The summed E-state index contributed by atoms with van der Waals surface area (Å²) in [6.07, 6.45) is 3.39. The molecule has 0 aliphatic heterocycles. The van der Waals surface area contributed by atoms with Gasteiger partial charge >= 0.3 is 5.97 Å². The third-order valence-corrected chi connectivity index (χ3v) is 1.71. The largest absolute Gasteiger partial charge is 0.480 e. The topological polar surface area (TPSA) is 62.2 Å². The first kappa shape index (κ1) is 16.6. The summed E-state index contributed by atoms with van der Waals surface area (Å²) in [5.41, 5.74) is 0.982. The van der Waals surface area contributed by atoms with Gasteiger partial charge in [-0.1, -0.05) is 6.07 Å². The number of hydrogen-bond acceptors (Lipinski definition) is 3. The van der Waals surface area contributed by atoms with Gasteiger partial charge in [0.1, 0.15) is 6.04 Å². The van der Waals surface area contributed by atoms with Gasteiger partial charge in [0.25, 0.3) is 0 Å². The van der Waals surface area contributed by atoms with Gasteiger partial charge in [-0.15, -0.1) is 24.8 Å². The fourth-order valence-corrected chi connectivity index (χ4v) is 0.861. The number of rotatable bonds is 4. The Morgan fingerprint density at radius 2 is 2.27 bits per heavy atom. The molecular weight excluding hydrogens is 239 g/mol. The lowest BCUT2D eigenvalue weighted by molar-refractivity contribution is -0.139. The van der Waals surface area contributed by atoms with Crippen LogP contribution in [0.1, 0.15) is 12.5 Å². The van der Waals surface area contributed by atoms with Gasteiger partial charge in [0, 0.05) is 18.9 Å². The maximum atomic E-state index is 10.4. The Morgan fingerprint density at radius 3 is 2.73 bits per heavy atom. The van der Waals surface area contributed by atoms with Crippen LogP contribution in [0, 0.1) is 0 Å². The van der Waals surface area contributed by atoms with Gasteiger partial charge in [0.05, 0.1) is 0 Å². The number of aromatic nitrogens is 1. The highest BCUT2D eigenvalue weighted by Gasteiger charge is 2.08. The van der Waals surface area contributed by atoms with E-state index in [1.54, 1.807) is 19.3 Å². The van der Waals surface area contributed by atoms with Crippen molar-refractivity contribution in [2.45, 2.75) is 19.5 Å². The quantitative estimate of drug-likeness (QED) is 0.853. The molecule has 0 radical (unpaired) electrons. The molecule has 2 N–H and O–H groups in total. The van der Waals surface area contributed by atoms with Crippen LogP contribution < -0.4 is 5.32 Å². The van der Waals surface area contributed by atoms with Crippen LogP contribution in [-0.4, -0.2) is 22.1 Å². The molecule has 0 aromatic carbocycles. The molecule has 0 amide bonds. The lowest BCUT2D eigenvalue weighted by Gasteiger charge is -2.07. The van der Waals surface area contributed by atoms with Gasteiger partial charge in [-0.05, 0) is 18.6 Å². The van der Waals surface area contributed by atoms with Crippen LogP contribution in [0.2, 0.25) is 0 Å². The van der Waals surface area contributed by atoms with E-state index >= 15 is 0 Å². The third-order valence-electron chi connectivity index (χ3n) is 1.71. The summed E-state index contributed by atoms with van der Waals surface area (Å²) < 4.78 is 0. The van der Waals surface area contributed by atoms with E-state index < -0.39 is 12.0 Å². The Morgan fingerprint density at radius 1 is 1.60 bits per heavy atom. The summed E-state index contributed by atoms with van der Waals surface area (Å²) in [6.45, 7) is 2.14. The number of halogens is 2. The van der Waals surface area contributed by atoms with Crippen molar-refractivity contribution in [3.05, 3.63) is 30.1 Å². The molecule has 0 saturated heterocycles. The molecule has 1 aromatic rings. The van der Waals surface area contributed by atoms with E-state index in [9.17, 15) is 4.79 Å². The molecule has 0 bridgehead atoms. The molecule has 1 aromatic heterocycles. The molecule has 15 heavy (non-hydrogen) atoms. The van der Waals surface area contributed by atoms with Crippen molar-refractivity contribution >= 4 is 30.8 Å². The first-order valence-corrected chi connectivity index (χ1v) is 4.05. The summed E-state index contributed by atoms with van der Waals surface area (Å²) in [4.78, 5) is 14.4. The Kier molecular flexibility index (Phi) is 9.36. The summed E-state index contributed by atoms with van der Waals surface area (Å²) in [6, 6.07) is 3.19. The zero-order valence-corrected chi connectivity index (χ0v) is 9.85. The van der Waals surface area contributed by atoms with Gasteiger partial charge in [0.2, 0.25) is 0 Å². The fraction of sp³-hybridized carbons (Fsp3) is 0.333. The van der Waals surface area contributed by atoms with Gasteiger partial charge in [-0.3, -0.25) is 9.78 Å². The number of nitrogens with one attached hydrogen (secondary N) is 1. The highest BCUT2D eigenvalue weighted by molar-refractivity contribution is 5.85. The molecule has 0 saturated carbocycles. The normalized spacial score (nSPS) is 10.7. The standard InChI is InChI=1S/C9H12N2O2.2ClH/c1-7(9(12)13)11-6-8-3-2-4-10-5-8;;/h2-5,7,11H,6H2,1H3,(H,12,13);2*1H/t7-;;/m0../s1.